The number of halogens is 1. The van der Waals surface area contributed by atoms with Gasteiger partial charge in [0.05, 0.1) is 10.9 Å². The molecule has 0 aliphatic carbocycles. The van der Waals surface area contributed by atoms with E-state index in [2.05, 4.69) is 10.6 Å². The third kappa shape index (κ3) is 4.39. The van der Waals surface area contributed by atoms with E-state index in [0.717, 1.165) is 32.2 Å². The minimum Gasteiger partial charge on any atom is -0.354 e. The molecule has 2 N–H and O–H groups in total. The number of rotatable bonds is 5. The maximum absolute atomic E-state index is 13.0. The van der Waals surface area contributed by atoms with E-state index in [4.69, 9.17) is 11.6 Å². The van der Waals surface area contributed by atoms with Gasteiger partial charge in [-0.05, 0) is 68.8 Å². The summed E-state index contributed by atoms with van der Waals surface area (Å²) >= 11 is 5.95. The number of hydrogen-bond acceptors (Lipinski definition) is 4. The zero-order valence-corrected chi connectivity index (χ0v) is 16.6. The van der Waals surface area contributed by atoms with Crippen molar-refractivity contribution in [3.05, 3.63) is 28.8 Å². The van der Waals surface area contributed by atoms with Crippen LogP contribution in [0.4, 0.5) is 0 Å². The summed E-state index contributed by atoms with van der Waals surface area (Å²) in [6.45, 7) is 4.10. The lowest BCUT2D eigenvalue weighted by Gasteiger charge is -2.32. The molecular weight excluding hydrogens is 374 g/mol. The van der Waals surface area contributed by atoms with Crippen molar-refractivity contribution in [3.63, 3.8) is 0 Å². The predicted molar refractivity (Wildman–Crippen MR) is 102 cm³/mol. The minimum atomic E-state index is -3.55. The normalized spacial score (nSPS) is 24.5. The molecule has 2 aliphatic rings. The fraction of sp³-hybridized carbons (Fsp3) is 0.611. The Morgan fingerprint density at radius 2 is 2.15 bits per heavy atom. The molecule has 8 heteroatoms. The molecule has 2 atom stereocenters. The number of benzene rings is 1. The summed E-state index contributed by atoms with van der Waals surface area (Å²) in [6.07, 6.45) is 3.61. The molecule has 3 rings (SSSR count). The van der Waals surface area contributed by atoms with Crippen LogP contribution in [0.3, 0.4) is 0 Å². The van der Waals surface area contributed by atoms with E-state index in [0.29, 0.717) is 35.1 Å². The van der Waals surface area contributed by atoms with Gasteiger partial charge in [0.15, 0.2) is 0 Å². The van der Waals surface area contributed by atoms with E-state index >= 15 is 0 Å². The quantitative estimate of drug-likeness (QED) is 0.792. The van der Waals surface area contributed by atoms with Gasteiger partial charge in [-0.15, -0.1) is 0 Å². The average molecular weight is 400 g/mol. The second-order valence-corrected chi connectivity index (χ2v) is 9.52. The van der Waals surface area contributed by atoms with Crippen LogP contribution < -0.4 is 10.6 Å². The van der Waals surface area contributed by atoms with Gasteiger partial charge in [0.1, 0.15) is 0 Å². The minimum absolute atomic E-state index is 0.0241. The molecule has 0 bridgehead atoms. The molecule has 1 aromatic rings. The molecule has 0 spiro atoms. The van der Waals surface area contributed by atoms with Gasteiger partial charge in [-0.1, -0.05) is 11.6 Å². The molecule has 1 aromatic carbocycles. The van der Waals surface area contributed by atoms with Gasteiger partial charge < -0.3 is 10.6 Å². The number of nitrogens with one attached hydrogen (secondary N) is 2. The molecule has 0 aromatic heterocycles. The standard InChI is InChI=1S/C18H26ClN3O3S/c1-13-10-15(19)6-7-17(13)26(24,25)22-9-3-4-14(12-22)11-21-18(23)16-5-2-8-20-16/h6-7,10,14,16,20H,2-5,8-9,11-12H2,1H3,(H,21,23). The summed E-state index contributed by atoms with van der Waals surface area (Å²) in [5.41, 5.74) is 0.653. The van der Waals surface area contributed by atoms with Gasteiger partial charge >= 0.3 is 0 Å². The molecule has 2 heterocycles. The van der Waals surface area contributed by atoms with E-state index in [1.807, 2.05) is 0 Å². The summed E-state index contributed by atoms with van der Waals surface area (Å²) in [5.74, 6) is 0.160. The Labute approximate surface area is 160 Å². The summed E-state index contributed by atoms with van der Waals surface area (Å²) in [6, 6.07) is 4.75. The van der Waals surface area contributed by atoms with Crippen LogP contribution in [0, 0.1) is 12.8 Å². The Morgan fingerprint density at radius 1 is 1.35 bits per heavy atom. The number of piperidine rings is 1. The number of carbonyl (C=O) groups is 1. The molecular formula is C18H26ClN3O3S. The highest BCUT2D eigenvalue weighted by atomic mass is 35.5. The molecule has 1 amide bonds. The average Bonchev–Trinajstić information content (AvgIpc) is 3.14. The number of amides is 1. The molecule has 2 saturated heterocycles. The molecule has 0 saturated carbocycles. The molecule has 0 radical (unpaired) electrons. The van der Waals surface area contributed by atoms with E-state index < -0.39 is 10.0 Å². The number of nitrogens with zero attached hydrogens (tertiary/aromatic N) is 1. The monoisotopic (exact) mass is 399 g/mol. The van der Waals surface area contributed by atoms with Crippen LogP contribution in [0.25, 0.3) is 0 Å². The lowest BCUT2D eigenvalue weighted by Crippen LogP contribution is -2.46. The number of carbonyl (C=O) groups excluding carboxylic acids is 1. The highest BCUT2D eigenvalue weighted by molar-refractivity contribution is 7.89. The maximum Gasteiger partial charge on any atom is 0.243 e. The number of hydrogen-bond donors (Lipinski definition) is 2. The van der Waals surface area contributed by atoms with Crippen LogP contribution in [0.15, 0.2) is 23.1 Å². The van der Waals surface area contributed by atoms with Gasteiger partial charge in [-0.3, -0.25) is 4.79 Å². The first-order chi connectivity index (χ1) is 12.4. The van der Waals surface area contributed by atoms with Crippen LogP contribution in [0.5, 0.6) is 0 Å². The second kappa shape index (κ2) is 8.25. The van der Waals surface area contributed by atoms with Crippen LogP contribution in [0.2, 0.25) is 5.02 Å². The Bertz CT molecular complexity index is 763. The van der Waals surface area contributed by atoms with Crippen molar-refractivity contribution in [1.82, 2.24) is 14.9 Å². The highest BCUT2D eigenvalue weighted by Gasteiger charge is 2.32. The first kappa shape index (κ1) is 19.6. The Kier molecular flexibility index (Phi) is 6.22. The summed E-state index contributed by atoms with van der Waals surface area (Å²) in [7, 11) is -3.55. The Hall–Kier alpha value is -1.15. The van der Waals surface area contributed by atoms with Crippen molar-refractivity contribution in [1.29, 1.82) is 0 Å². The van der Waals surface area contributed by atoms with E-state index in [9.17, 15) is 13.2 Å². The third-order valence-electron chi connectivity index (χ3n) is 5.18. The summed E-state index contributed by atoms with van der Waals surface area (Å²) in [5, 5.41) is 6.69. The molecule has 2 fully saturated rings. The molecule has 26 heavy (non-hydrogen) atoms. The smallest absolute Gasteiger partial charge is 0.243 e. The van der Waals surface area contributed by atoms with E-state index in [1.54, 1.807) is 25.1 Å². The maximum atomic E-state index is 13.0. The lowest BCUT2D eigenvalue weighted by atomic mass is 9.99. The third-order valence-corrected chi connectivity index (χ3v) is 7.44. The van der Waals surface area contributed by atoms with Gasteiger partial charge in [0, 0.05) is 24.7 Å². The van der Waals surface area contributed by atoms with Crippen molar-refractivity contribution < 1.29 is 13.2 Å². The predicted octanol–water partition coefficient (Wildman–Crippen LogP) is 1.92. The number of aryl methyl sites for hydroxylation is 1. The molecule has 144 valence electrons. The molecule has 6 nitrogen and oxygen atoms in total. The van der Waals surface area contributed by atoms with Crippen molar-refractivity contribution >= 4 is 27.5 Å². The summed E-state index contributed by atoms with van der Waals surface area (Å²) in [4.78, 5) is 12.5. The highest BCUT2D eigenvalue weighted by Crippen LogP contribution is 2.27. The topological polar surface area (TPSA) is 78.5 Å². The van der Waals surface area contributed by atoms with Crippen molar-refractivity contribution in [2.24, 2.45) is 5.92 Å². The van der Waals surface area contributed by atoms with Gasteiger partial charge in [-0.25, -0.2) is 8.42 Å². The Morgan fingerprint density at radius 3 is 2.85 bits per heavy atom. The van der Waals surface area contributed by atoms with Gasteiger partial charge in [0.25, 0.3) is 0 Å². The fourth-order valence-electron chi connectivity index (χ4n) is 3.73. The van der Waals surface area contributed by atoms with Crippen LogP contribution in [-0.4, -0.2) is 50.9 Å². The Balaban J connectivity index is 1.62. The molecule has 2 aliphatic heterocycles. The van der Waals surface area contributed by atoms with Crippen molar-refractivity contribution in [2.75, 3.05) is 26.2 Å². The second-order valence-electron chi connectivity index (χ2n) is 7.18. The van der Waals surface area contributed by atoms with E-state index in [-0.39, 0.29) is 17.9 Å². The van der Waals surface area contributed by atoms with Crippen LogP contribution >= 0.6 is 11.6 Å². The van der Waals surface area contributed by atoms with Gasteiger partial charge in [-0.2, -0.15) is 4.31 Å². The van der Waals surface area contributed by atoms with Crippen LogP contribution in [-0.2, 0) is 14.8 Å². The fourth-order valence-corrected chi connectivity index (χ4v) is 5.72. The van der Waals surface area contributed by atoms with Crippen LogP contribution in [0.1, 0.15) is 31.2 Å². The summed E-state index contributed by atoms with van der Waals surface area (Å²) < 4.78 is 27.5. The lowest BCUT2D eigenvalue weighted by molar-refractivity contribution is -0.123. The number of sulfonamides is 1. The zero-order chi connectivity index (χ0) is 18.7. The van der Waals surface area contributed by atoms with E-state index in [1.165, 1.54) is 4.31 Å². The van der Waals surface area contributed by atoms with Crippen molar-refractivity contribution in [3.8, 4) is 0 Å². The SMILES string of the molecule is Cc1cc(Cl)ccc1S(=O)(=O)N1CCCC(CNC(=O)C2CCCN2)C1. The van der Waals surface area contributed by atoms with Crippen molar-refractivity contribution in [2.45, 2.75) is 43.5 Å². The largest absolute Gasteiger partial charge is 0.354 e. The first-order valence-corrected chi connectivity index (χ1v) is 11.0. The molecule has 2 unspecified atom stereocenters. The first-order valence-electron chi connectivity index (χ1n) is 9.15. The van der Waals surface area contributed by atoms with Gasteiger partial charge in [0.2, 0.25) is 15.9 Å². The zero-order valence-electron chi connectivity index (χ0n) is 15.0.